The number of carbonyl (C=O) groups excluding carboxylic acids is 2. The molecule has 0 saturated heterocycles. The molecule has 0 heterocycles. The Morgan fingerprint density at radius 1 is 0.706 bits per heavy atom. The normalized spacial score (nSPS) is 11.2. The molecule has 3 aromatic carbocycles. The van der Waals surface area contributed by atoms with E-state index in [0.717, 1.165) is 16.7 Å². The third-order valence-electron chi connectivity index (χ3n) is 4.91. The van der Waals surface area contributed by atoms with E-state index in [2.05, 4.69) is 0 Å². The molecule has 0 amide bonds. The molecule has 3 aromatic rings. The summed E-state index contributed by atoms with van der Waals surface area (Å²) in [6.07, 6.45) is 6.59. The van der Waals surface area contributed by atoms with Crippen molar-refractivity contribution < 1.29 is 19.1 Å². The molecule has 6 heteroatoms. The summed E-state index contributed by atoms with van der Waals surface area (Å²) in [4.78, 5) is 24.4. The number of carbonyl (C=O) groups is 2. The molecule has 0 saturated carbocycles. The van der Waals surface area contributed by atoms with Gasteiger partial charge in [0.2, 0.25) is 0 Å². The van der Waals surface area contributed by atoms with Crippen LogP contribution in [0.3, 0.4) is 0 Å². The lowest BCUT2D eigenvalue weighted by atomic mass is 10.00. The number of hydrogen-bond donors (Lipinski definition) is 2. The van der Waals surface area contributed by atoms with Crippen molar-refractivity contribution in [3.63, 3.8) is 0 Å². The van der Waals surface area contributed by atoms with Crippen LogP contribution in [0.4, 0.5) is 11.4 Å². The molecule has 0 atom stereocenters. The van der Waals surface area contributed by atoms with Gasteiger partial charge in [-0.2, -0.15) is 0 Å². The van der Waals surface area contributed by atoms with Gasteiger partial charge in [0.05, 0.1) is 13.2 Å². The molecule has 0 aliphatic heterocycles. The van der Waals surface area contributed by atoms with Gasteiger partial charge < -0.3 is 20.9 Å². The van der Waals surface area contributed by atoms with E-state index < -0.39 is 11.9 Å². The highest BCUT2D eigenvalue weighted by atomic mass is 16.5. The second-order valence-electron chi connectivity index (χ2n) is 7.83. The Bertz CT molecular complexity index is 1060. The fourth-order valence-electron chi connectivity index (χ4n) is 3.32. The van der Waals surface area contributed by atoms with Crippen LogP contribution in [0.25, 0.3) is 12.2 Å². The molecular formula is C28H28N2O4. The maximum atomic E-state index is 12.2. The lowest BCUT2D eigenvalue weighted by Gasteiger charge is -2.17. The summed E-state index contributed by atoms with van der Waals surface area (Å²) >= 11 is 0. The monoisotopic (exact) mass is 456 g/mol. The van der Waals surface area contributed by atoms with E-state index in [9.17, 15) is 9.59 Å². The maximum absolute atomic E-state index is 12.2. The molecule has 0 aromatic heterocycles. The summed E-state index contributed by atoms with van der Waals surface area (Å²) in [6, 6.07) is 24.2. The molecule has 0 radical (unpaired) electrons. The van der Waals surface area contributed by atoms with Gasteiger partial charge in [-0.25, -0.2) is 9.59 Å². The Labute approximate surface area is 199 Å². The summed E-state index contributed by atoms with van der Waals surface area (Å²) in [5.41, 5.74) is 15.5. The van der Waals surface area contributed by atoms with Gasteiger partial charge in [0.1, 0.15) is 0 Å². The third-order valence-corrected chi connectivity index (χ3v) is 4.91. The third kappa shape index (κ3) is 8.67. The lowest BCUT2D eigenvalue weighted by molar-refractivity contribution is -0.142. The number of nitrogen functional groups attached to an aromatic ring is 2. The minimum atomic E-state index is -0.476. The summed E-state index contributed by atoms with van der Waals surface area (Å²) < 4.78 is 10.8. The van der Waals surface area contributed by atoms with Crippen LogP contribution >= 0.6 is 0 Å². The van der Waals surface area contributed by atoms with Crippen LogP contribution < -0.4 is 11.5 Å². The molecule has 0 aliphatic rings. The summed E-state index contributed by atoms with van der Waals surface area (Å²) in [6.45, 7) is 0.144. The van der Waals surface area contributed by atoms with Gasteiger partial charge in [-0.3, -0.25) is 0 Å². The number of esters is 2. The van der Waals surface area contributed by atoms with Crippen LogP contribution in [0.1, 0.15) is 16.7 Å². The highest BCUT2D eigenvalue weighted by molar-refractivity contribution is 5.87. The zero-order valence-corrected chi connectivity index (χ0v) is 18.8. The second-order valence-corrected chi connectivity index (χ2v) is 7.83. The quantitative estimate of drug-likeness (QED) is 0.264. The first-order valence-corrected chi connectivity index (χ1v) is 10.9. The molecule has 0 aliphatic carbocycles. The van der Waals surface area contributed by atoms with Crippen molar-refractivity contribution in [2.24, 2.45) is 5.92 Å². The van der Waals surface area contributed by atoms with Gasteiger partial charge in [0, 0.05) is 29.4 Å². The number of hydrogen-bond acceptors (Lipinski definition) is 6. The zero-order chi connectivity index (χ0) is 24.2. The van der Waals surface area contributed by atoms with Crippen LogP contribution in [-0.4, -0.2) is 25.2 Å². The number of anilines is 2. The Morgan fingerprint density at radius 3 is 1.59 bits per heavy atom. The average molecular weight is 457 g/mol. The Kier molecular flexibility index (Phi) is 9.05. The Hall–Kier alpha value is -4.32. The molecule has 6 nitrogen and oxygen atoms in total. The van der Waals surface area contributed by atoms with E-state index in [1.807, 2.05) is 60.7 Å². The van der Waals surface area contributed by atoms with E-state index in [0.29, 0.717) is 17.8 Å². The predicted molar refractivity (Wildman–Crippen MR) is 135 cm³/mol. The lowest BCUT2D eigenvalue weighted by Crippen LogP contribution is -2.22. The van der Waals surface area contributed by atoms with Crippen LogP contribution in [0.2, 0.25) is 0 Å². The molecule has 34 heavy (non-hydrogen) atoms. The Balaban J connectivity index is 1.60. The SMILES string of the molecule is Nc1cc(N)cc(CC(COC(=O)/C=C/c2ccccc2)COC(=O)/C=C/c2ccccc2)c1. The Morgan fingerprint density at radius 2 is 1.15 bits per heavy atom. The minimum absolute atomic E-state index is 0.0718. The van der Waals surface area contributed by atoms with E-state index in [4.69, 9.17) is 20.9 Å². The highest BCUT2D eigenvalue weighted by Crippen LogP contribution is 2.18. The molecule has 0 fully saturated rings. The van der Waals surface area contributed by atoms with E-state index in [1.54, 1.807) is 30.4 Å². The van der Waals surface area contributed by atoms with Gasteiger partial charge in [-0.1, -0.05) is 60.7 Å². The minimum Gasteiger partial charge on any atom is -0.462 e. The van der Waals surface area contributed by atoms with Gasteiger partial charge in [-0.15, -0.1) is 0 Å². The van der Waals surface area contributed by atoms with Crippen molar-refractivity contribution in [1.29, 1.82) is 0 Å². The molecule has 0 unspecified atom stereocenters. The second kappa shape index (κ2) is 12.6. The zero-order valence-electron chi connectivity index (χ0n) is 18.8. The van der Waals surface area contributed by atoms with E-state index in [-0.39, 0.29) is 19.1 Å². The van der Waals surface area contributed by atoms with Crippen LogP contribution in [0.5, 0.6) is 0 Å². The topological polar surface area (TPSA) is 105 Å². The maximum Gasteiger partial charge on any atom is 0.330 e. The first kappa shape index (κ1) is 24.3. The molecule has 174 valence electrons. The fourth-order valence-corrected chi connectivity index (χ4v) is 3.32. The van der Waals surface area contributed by atoms with Crippen LogP contribution in [-0.2, 0) is 25.5 Å². The van der Waals surface area contributed by atoms with Crippen molar-refractivity contribution in [1.82, 2.24) is 0 Å². The van der Waals surface area contributed by atoms with E-state index >= 15 is 0 Å². The van der Waals surface area contributed by atoms with Gasteiger partial charge in [-0.05, 0) is 53.5 Å². The average Bonchev–Trinajstić information content (AvgIpc) is 2.83. The largest absolute Gasteiger partial charge is 0.462 e. The molecular weight excluding hydrogens is 428 g/mol. The van der Waals surface area contributed by atoms with Crippen molar-refractivity contribution in [2.45, 2.75) is 6.42 Å². The summed E-state index contributed by atoms with van der Waals surface area (Å²) in [5, 5.41) is 0. The number of rotatable bonds is 10. The first-order valence-electron chi connectivity index (χ1n) is 10.9. The number of ether oxygens (including phenoxy) is 2. The fraction of sp³-hybridized carbons (Fsp3) is 0.143. The predicted octanol–water partition coefficient (Wildman–Crippen LogP) is 4.52. The van der Waals surface area contributed by atoms with Gasteiger partial charge in [0.25, 0.3) is 0 Å². The molecule has 0 spiro atoms. The first-order chi connectivity index (χ1) is 16.5. The van der Waals surface area contributed by atoms with Crippen LogP contribution in [0, 0.1) is 5.92 Å². The number of nitrogens with two attached hydrogens (primary N) is 2. The molecule has 0 bridgehead atoms. The van der Waals surface area contributed by atoms with E-state index in [1.165, 1.54) is 12.2 Å². The summed E-state index contributed by atoms with van der Waals surface area (Å²) in [7, 11) is 0. The number of benzene rings is 3. The van der Waals surface area contributed by atoms with Crippen LogP contribution in [0.15, 0.2) is 91.0 Å². The molecule has 4 N–H and O–H groups in total. The smallest absolute Gasteiger partial charge is 0.330 e. The van der Waals surface area contributed by atoms with Crippen molar-refractivity contribution in [3.05, 3.63) is 108 Å². The van der Waals surface area contributed by atoms with Crippen molar-refractivity contribution in [3.8, 4) is 0 Å². The summed E-state index contributed by atoms with van der Waals surface area (Å²) in [5.74, 6) is -1.23. The highest BCUT2D eigenvalue weighted by Gasteiger charge is 2.15. The van der Waals surface area contributed by atoms with Gasteiger partial charge >= 0.3 is 11.9 Å². The van der Waals surface area contributed by atoms with Crippen molar-refractivity contribution in [2.75, 3.05) is 24.7 Å². The molecule has 3 rings (SSSR count). The van der Waals surface area contributed by atoms with Crippen molar-refractivity contribution >= 4 is 35.5 Å². The standard InChI is InChI=1S/C28H28N2O4/c29-25-16-23(17-26(30)18-25)15-24(19-33-27(31)13-11-21-7-3-1-4-8-21)20-34-28(32)14-12-22-9-5-2-6-10-22/h1-14,16-18,24H,15,19-20,29-30H2/b13-11+,14-12+. The van der Waals surface area contributed by atoms with Gasteiger partial charge in [0.15, 0.2) is 0 Å².